The number of ketones is 1. The van der Waals surface area contributed by atoms with E-state index in [2.05, 4.69) is 4.74 Å². The summed E-state index contributed by atoms with van der Waals surface area (Å²) in [5.74, 6) is 1.08. The molecule has 0 amide bonds. The molecule has 3 rings (SSSR count). The molecule has 0 saturated heterocycles. The van der Waals surface area contributed by atoms with Crippen LogP contribution < -0.4 is 0 Å². The quantitative estimate of drug-likeness (QED) is 0.390. The normalized spacial score (nSPS) is 15.4. The second kappa shape index (κ2) is 14.6. The number of furan rings is 1. The summed E-state index contributed by atoms with van der Waals surface area (Å²) in [6.07, 6.45) is 13.3. The number of hydrogen-bond acceptors (Lipinski definition) is 6. The van der Waals surface area contributed by atoms with Gasteiger partial charge in [-0.3, -0.25) is 4.79 Å². The number of carbonyl (C=O) groups excluding carboxylic acids is 1. The summed E-state index contributed by atoms with van der Waals surface area (Å²) in [6, 6.07) is 4.99. The Morgan fingerprint density at radius 2 is 1.65 bits per heavy atom. The topological polar surface area (TPSA) is 78.1 Å². The van der Waals surface area contributed by atoms with E-state index in [0.717, 1.165) is 5.57 Å². The van der Waals surface area contributed by atoms with E-state index in [4.69, 9.17) is 13.9 Å². The highest BCUT2D eigenvalue weighted by Gasteiger charge is 2.26. The first-order chi connectivity index (χ1) is 16.3. The molecule has 1 heterocycles. The van der Waals surface area contributed by atoms with Gasteiger partial charge in [0.25, 0.3) is 0 Å². The molecule has 6 nitrogen and oxygen atoms in total. The molecule has 6 heteroatoms. The van der Waals surface area contributed by atoms with Crippen LogP contribution in [0, 0.1) is 12.8 Å². The zero-order valence-electron chi connectivity index (χ0n) is 21.3. The van der Waals surface area contributed by atoms with E-state index in [0.29, 0.717) is 33.8 Å². The lowest BCUT2D eigenvalue weighted by molar-refractivity contribution is 0.0963. The van der Waals surface area contributed by atoms with Crippen molar-refractivity contribution < 1.29 is 28.5 Å². The Hall–Kier alpha value is -3.51. The van der Waals surface area contributed by atoms with Crippen molar-refractivity contribution in [2.45, 2.75) is 27.7 Å². The van der Waals surface area contributed by atoms with Crippen molar-refractivity contribution in [3.63, 3.8) is 0 Å². The van der Waals surface area contributed by atoms with Gasteiger partial charge in [0.2, 0.25) is 0 Å². The lowest BCUT2D eigenvalue weighted by Crippen LogP contribution is -2.12. The van der Waals surface area contributed by atoms with Crippen LogP contribution >= 0.6 is 0 Å². The maximum Gasteiger partial charge on any atom is 0.177 e. The number of Topliss-reactive ketones (excluding diaryl/α,β-unsaturated/α-hetero) is 1. The third kappa shape index (κ3) is 7.25. The van der Waals surface area contributed by atoms with Crippen LogP contribution in [0.3, 0.4) is 0 Å². The van der Waals surface area contributed by atoms with Gasteiger partial charge in [0.05, 0.1) is 25.7 Å². The number of para-hydroxylation sites is 1. The van der Waals surface area contributed by atoms with Crippen molar-refractivity contribution in [3.05, 3.63) is 89.1 Å². The fourth-order valence-corrected chi connectivity index (χ4v) is 3.30. The fraction of sp³-hybridized carbons (Fsp3) is 0.321. The van der Waals surface area contributed by atoms with E-state index in [-0.39, 0.29) is 11.5 Å². The molecule has 184 valence electrons. The summed E-state index contributed by atoms with van der Waals surface area (Å²) in [5, 5.41) is 10.6. The second-order valence-corrected chi connectivity index (χ2v) is 7.32. The molecule has 1 atom stereocenters. The van der Waals surface area contributed by atoms with E-state index < -0.39 is 5.92 Å². The van der Waals surface area contributed by atoms with Gasteiger partial charge >= 0.3 is 0 Å². The molecule has 0 radical (unpaired) electrons. The van der Waals surface area contributed by atoms with Gasteiger partial charge in [-0.25, -0.2) is 0 Å². The number of aromatic hydroxyl groups is 1. The Balaban J connectivity index is 0.000000551. The number of aryl methyl sites for hydroxylation is 1. The molecule has 34 heavy (non-hydrogen) atoms. The fourth-order valence-electron chi connectivity index (χ4n) is 3.30. The largest absolute Gasteiger partial charge is 0.504 e. The minimum absolute atomic E-state index is 0.0170. The van der Waals surface area contributed by atoms with Gasteiger partial charge in [-0.15, -0.1) is 0 Å². The molecule has 2 aromatic rings. The van der Waals surface area contributed by atoms with Crippen molar-refractivity contribution >= 4 is 16.8 Å². The Labute approximate surface area is 202 Å². The lowest BCUT2D eigenvalue weighted by Gasteiger charge is -2.10. The molecule has 1 aromatic heterocycles. The number of methoxy groups -OCH3 is 3. The number of carbonyl (C=O) groups is 1. The van der Waals surface area contributed by atoms with Crippen LogP contribution in [0.1, 0.15) is 36.9 Å². The zero-order valence-corrected chi connectivity index (χ0v) is 21.3. The summed E-state index contributed by atoms with van der Waals surface area (Å²) in [4.78, 5) is 13.2. The number of ether oxygens (including phenoxy) is 3. The standard InChI is InChI=1S/C20H20O5.C6H10.C2H6O/c1-11-16(23-3)9-8-13(10-17(11)24-4)19(22)18-12(2)25-20-14(18)6-5-7-15(20)21;1-3-5-6-4-2;1-3-2/h5-10,13,21H,1-4H3;3-6H,1-2H3;1-2H3/b;5-3-,6-4-;. The summed E-state index contributed by atoms with van der Waals surface area (Å²) >= 11 is 0. The maximum atomic E-state index is 13.2. The summed E-state index contributed by atoms with van der Waals surface area (Å²) < 4.78 is 20.6. The number of hydrogen-bond donors (Lipinski definition) is 1. The average Bonchev–Trinajstić information content (AvgIpc) is 3.07. The number of allylic oxidation sites excluding steroid dienone is 8. The Kier molecular flexibility index (Phi) is 12.2. The number of fused-ring (bicyclic) bond motifs is 1. The predicted molar refractivity (Wildman–Crippen MR) is 137 cm³/mol. The third-order valence-electron chi connectivity index (χ3n) is 4.88. The molecule has 0 spiro atoms. The van der Waals surface area contributed by atoms with Crippen LogP contribution in [0.5, 0.6) is 5.75 Å². The smallest absolute Gasteiger partial charge is 0.177 e. The number of phenolic OH excluding ortho intramolecular Hbond substituents is 1. The van der Waals surface area contributed by atoms with Gasteiger partial charge in [0, 0.05) is 25.2 Å². The monoisotopic (exact) mass is 468 g/mol. The molecular formula is C28H36O6. The van der Waals surface area contributed by atoms with E-state index in [1.807, 2.05) is 45.1 Å². The molecule has 0 fully saturated rings. The first-order valence-electron chi connectivity index (χ1n) is 10.9. The number of phenols is 1. The Morgan fingerprint density at radius 1 is 1.03 bits per heavy atom. The molecule has 0 bridgehead atoms. The van der Waals surface area contributed by atoms with Crippen molar-refractivity contribution in [1.29, 1.82) is 0 Å². The van der Waals surface area contributed by atoms with Gasteiger partial charge in [0.1, 0.15) is 17.3 Å². The molecule has 1 unspecified atom stereocenters. The second-order valence-electron chi connectivity index (χ2n) is 7.32. The van der Waals surface area contributed by atoms with Crippen LogP contribution in [-0.2, 0) is 14.2 Å². The van der Waals surface area contributed by atoms with Crippen molar-refractivity contribution in [1.82, 2.24) is 0 Å². The molecule has 1 aliphatic carbocycles. The van der Waals surface area contributed by atoms with Crippen molar-refractivity contribution in [2.24, 2.45) is 5.92 Å². The van der Waals surface area contributed by atoms with Gasteiger partial charge < -0.3 is 23.7 Å². The summed E-state index contributed by atoms with van der Waals surface area (Å²) in [7, 11) is 6.39. The van der Waals surface area contributed by atoms with Gasteiger partial charge in [0.15, 0.2) is 17.1 Å². The van der Waals surface area contributed by atoms with E-state index in [1.165, 1.54) is 6.07 Å². The van der Waals surface area contributed by atoms with Gasteiger partial charge in [-0.1, -0.05) is 42.5 Å². The highest BCUT2D eigenvalue weighted by Crippen LogP contribution is 2.34. The zero-order chi connectivity index (χ0) is 25.7. The number of rotatable bonds is 5. The molecule has 0 saturated carbocycles. The van der Waals surface area contributed by atoms with Crippen LogP contribution in [0.2, 0.25) is 0 Å². The molecule has 0 aliphatic heterocycles. The lowest BCUT2D eigenvalue weighted by atomic mass is 9.94. The first kappa shape index (κ1) is 28.5. The van der Waals surface area contributed by atoms with Crippen LogP contribution in [0.4, 0.5) is 0 Å². The highest BCUT2D eigenvalue weighted by atomic mass is 16.5. The summed E-state index contributed by atoms with van der Waals surface area (Å²) in [6.45, 7) is 7.60. The van der Waals surface area contributed by atoms with Crippen LogP contribution in [-0.4, -0.2) is 39.3 Å². The van der Waals surface area contributed by atoms with Crippen LogP contribution in [0.15, 0.2) is 82.2 Å². The minimum atomic E-state index is -0.528. The van der Waals surface area contributed by atoms with Crippen molar-refractivity contribution in [2.75, 3.05) is 28.4 Å². The minimum Gasteiger partial charge on any atom is -0.504 e. The van der Waals surface area contributed by atoms with E-state index in [1.54, 1.807) is 65.7 Å². The Morgan fingerprint density at radius 3 is 2.18 bits per heavy atom. The maximum absolute atomic E-state index is 13.2. The number of benzene rings is 1. The van der Waals surface area contributed by atoms with Crippen molar-refractivity contribution in [3.8, 4) is 5.75 Å². The summed E-state index contributed by atoms with van der Waals surface area (Å²) in [5.41, 5.74) is 1.61. The molecular weight excluding hydrogens is 432 g/mol. The van der Waals surface area contributed by atoms with Gasteiger partial charge in [-0.05, 0) is 45.9 Å². The molecule has 1 aromatic carbocycles. The van der Waals surface area contributed by atoms with E-state index >= 15 is 0 Å². The SMILES string of the molecule is C/C=C\C=C/C.COC.COC1=CC(C(=O)c2c(C)oc3c(O)cccc23)C=CC(OC)=C1C. The predicted octanol–water partition coefficient (Wildman–Crippen LogP) is 6.67. The molecule has 1 N–H and O–H groups in total. The first-order valence-corrected chi connectivity index (χ1v) is 10.9. The van der Waals surface area contributed by atoms with E-state index in [9.17, 15) is 9.90 Å². The third-order valence-corrected chi connectivity index (χ3v) is 4.88. The molecule has 1 aliphatic rings. The van der Waals surface area contributed by atoms with Crippen LogP contribution in [0.25, 0.3) is 11.0 Å². The highest BCUT2D eigenvalue weighted by molar-refractivity contribution is 6.11. The Bertz CT molecular complexity index is 1090. The van der Waals surface area contributed by atoms with Gasteiger partial charge in [-0.2, -0.15) is 0 Å². The average molecular weight is 469 g/mol.